The van der Waals surface area contributed by atoms with Crippen molar-refractivity contribution < 1.29 is 9.21 Å². The summed E-state index contributed by atoms with van der Waals surface area (Å²) in [5.74, 6) is 0.397. The lowest BCUT2D eigenvalue weighted by Crippen LogP contribution is -2.31. The number of carbonyl (C=O) groups excluding carboxylic acids is 1. The summed E-state index contributed by atoms with van der Waals surface area (Å²) in [6.07, 6.45) is 5.57. The lowest BCUT2D eigenvalue weighted by Gasteiger charge is -2.22. The van der Waals surface area contributed by atoms with Crippen LogP contribution in [0.1, 0.15) is 46.0 Å². The van der Waals surface area contributed by atoms with E-state index in [9.17, 15) is 9.59 Å². The maximum absolute atomic E-state index is 12.7. The Balaban J connectivity index is 1.52. The van der Waals surface area contributed by atoms with Gasteiger partial charge in [-0.25, -0.2) is 9.48 Å². The smallest absolute Gasteiger partial charge is 0.349 e. The molecule has 1 aliphatic heterocycles. The highest BCUT2D eigenvalue weighted by atomic mass is 16.4. The molecule has 4 rings (SSSR count). The molecule has 150 valence electrons. The maximum Gasteiger partial charge on any atom is 0.349 e. The van der Waals surface area contributed by atoms with Gasteiger partial charge in [-0.1, -0.05) is 18.2 Å². The summed E-state index contributed by atoms with van der Waals surface area (Å²) < 4.78 is 7.26. The van der Waals surface area contributed by atoms with Gasteiger partial charge in [0, 0.05) is 31.4 Å². The van der Waals surface area contributed by atoms with E-state index in [4.69, 9.17) is 4.42 Å². The van der Waals surface area contributed by atoms with E-state index in [1.807, 2.05) is 42.6 Å². The number of piperidine rings is 1. The molecule has 29 heavy (non-hydrogen) atoms. The first-order chi connectivity index (χ1) is 14.1. The van der Waals surface area contributed by atoms with Gasteiger partial charge in [-0.05, 0) is 55.6 Å². The molecule has 1 fully saturated rings. The summed E-state index contributed by atoms with van der Waals surface area (Å²) >= 11 is 0. The SMILES string of the molecule is Cc1cc(C2CCCNC2)oc(=O)c1C(=O)NCc1ccccc1-n1cccn1. The van der Waals surface area contributed by atoms with Gasteiger partial charge in [-0.2, -0.15) is 5.10 Å². The molecule has 0 radical (unpaired) electrons. The minimum atomic E-state index is -0.580. The molecule has 7 nitrogen and oxygen atoms in total. The molecule has 3 aromatic rings. The van der Waals surface area contributed by atoms with Crippen LogP contribution in [-0.4, -0.2) is 28.8 Å². The third-order valence-corrected chi connectivity index (χ3v) is 5.28. The second-order valence-electron chi connectivity index (χ2n) is 7.30. The largest absolute Gasteiger partial charge is 0.427 e. The van der Waals surface area contributed by atoms with E-state index in [1.165, 1.54) is 0 Å². The highest BCUT2D eigenvalue weighted by Gasteiger charge is 2.22. The van der Waals surface area contributed by atoms with Gasteiger partial charge in [-0.3, -0.25) is 4.79 Å². The van der Waals surface area contributed by atoms with Crippen LogP contribution < -0.4 is 16.3 Å². The molecular weight excluding hydrogens is 368 g/mol. The molecule has 1 aliphatic rings. The van der Waals surface area contributed by atoms with Crippen LogP contribution in [0, 0.1) is 6.92 Å². The van der Waals surface area contributed by atoms with Crippen LogP contribution in [0.3, 0.4) is 0 Å². The van der Waals surface area contributed by atoms with Gasteiger partial charge >= 0.3 is 5.63 Å². The number of nitrogens with zero attached hydrogens (tertiary/aromatic N) is 2. The standard InChI is InChI=1S/C22H24N4O3/c1-15-12-19(17-7-4-9-23-13-17)29-22(28)20(15)21(27)24-14-16-6-2-3-8-18(16)26-11-5-10-25-26/h2-3,5-6,8,10-12,17,23H,4,7,9,13-14H2,1H3,(H,24,27). The number of aryl methyl sites for hydroxylation is 1. The van der Waals surface area contributed by atoms with Crippen molar-refractivity contribution in [2.24, 2.45) is 0 Å². The van der Waals surface area contributed by atoms with Gasteiger partial charge in [0.05, 0.1) is 5.69 Å². The summed E-state index contributed by atoms with van der Waals surface area (Å²) in [5.41, 5.74) is 1.90. The Morgan fingerprint density at radius 2 is 2.21 bits per heavy atom. The molecule has 0 aliphatic carbocycles. The molecule has 0 saturated carbocycles. The van der Waals surface area contributed by atoms with E-state index in [0.717, 1.165) is 37.2 Å². The van der Waals surface area contributed by atoms with Crippen LogP contribution in [0.5, 0.6) is 0 Å². The minimum Gasteiger partial charge on any atom is -0.427 e. The quantitative estimate of drug-likeness (QED) is 0.697. The number of hydrogen-bond acceptors (Lipinski definition) is 5. The van der Waals surface area contributed by atoms with Gasteiger partial charge in [0.25, 0.3) is 5.91 Å². The number of para-hydroxylation sites is 1. The Bertz CT molecular complexity index is 1050. The fourth-order valence-corrected chi connectivity index (χ4v) is 3.76. The van der Waals surface area contributed by atoms with Crippen molar-refractivity contribution in [3.05, 3.63) is 81.7 Å². The number of benzene rings is 1. The molecule has 1 atom stereocenters. The Morgan fingerprint density at radius 1 is 1.34 bits per heavy atom. The molecule has 1 amide bonds. The zero-order valence-corrected chi connectivity index (χ0v) is 16.4. The molecule has 1 unspecified atom stereocenters. The molecule has 1 aromatic carbocycles. The van der Waals surface area contributed by atoms with E-state index in [2.05, 4.69) is 15.7 Å². The first kappa shape index (κ1) is 19.1. The van der Waals surface area contributed by atoms with Crippen molar-refractivity contribution in [2.45, 2.75) is 32.2 Å². The van der Waals surface area contributed by atoms with E-state index < -0.39 is 11.5 Å². The third kappa shape index (κ3) is 4.14. The van der Waals surface area contributed by atoms with Gasteiger partial charge in [0.1, 0.15) is 11.3 Å². The topological polar surface area (TPSA) is 89.2 Å². The summed E-state index contributed by atoms with van der Waals surface area (Å²) in [6, 6.07) is 11.3. The number of rotatable bonds is 5. The zero-order valence-electron chi connectivity index (χ0n) is 16.4. The van der Waals surface area contributed by atoms with Gasteiger partial charge in [-0.15, -0.1) is 0 Å². The van der Waals surface area contributed by atoms with Crippen molar-refractivity contribution in [1.82, 2.24) is 20.4 Å². The van der Waals surface area contributed by atoms with Gasteiger partial charge in [0.2, 0.25) is 0 Å². The van der Waals surface area contributed by atoms with Crippen molar-refractivity contribution >= 4 is 5.91 Å². The van der Waals surface area contributed by atoms with Crippen LogP contribution in [0.15, 0.2) is 58.0 Å². The summed E-state index contributed by atoms with van der Waals surface area (Å²) in [4.78, 5) is 25.3. The fraction of sp³-hybridized carbons (Fsp3) is 0.318. The van der Waals surface area contributed by atoms with Crippen LogP contribution in [0.2, 0.25) is 0 Å². The van der Waals surface area contributed by atoms with Crippen LogP contribution in [-0.2, 0) is 6.54 Å². The second-order valence-corrected chi connectivity index (χ2v) is 7.30. The lowest BCUT2D eigenvalue weighted by atomic mass is 9.95. The zero-order chi connectivity index (χ0) is 20.2. The molecular formula is C22H24N4O3. The van der Waals surface area contributed by atoms with Gasteiger partial charge < -0.3 is 15.1 Å². The van der Waals surface area contributed by atoms with Crippen molar-refractivity contribution in [1.29, 1.82) is 0 Å². The van der Waals surface area contributed by atoms with Crippen LogP contribution in [0.25, 0.3) is 5.69 Å². The maximum atomic E-state index is 12.7. The minimum absolute atomic E-state index is 0.0640. The Labute approximate surface area is 168 Å². The average molecular weight is 392 g/mol. The Kier molecular flexibility index (Phi) is 5.57. The summed E-state index contributed by atoms with van der Waals surface area (Å²) in [5, 5.41) is 10.4. The number of nitrogens with one attached hydrogen (secondary N) is 2. The third-order valence-electron chi connectivity index (χ3n) is 5.28. The Hall–Kier alpha value is -3.19. The normalized spacial score (nSPS) is 16.5. The molecule has 2 aromatic heterocycles. The monoisotopic (exact) mass is 392 g/mol. The number of carbonyl (C=O) groups is 1. The highest BCUT2D eigenvalue weighted by molar-refractivity contribution is 5.95. The summed E-state index contributed by atoms with van der Waals surface area (Å²) in [6.45, 7) is 3.84. The molecule has 7 heteroatoms. The fourth-order valence-electron chi connectivity index (χ4n) is 3.76. The predicted octanol–water partition coefficient (Wildman–Crippen LogP) is 2.53. The molecule has 0 bridgehead atoms. The van der Waals surface area contributed by atoms with Crippen LogP contribution in [0.4, 0.5) is 0 Å². The number of amides is 1. The number of aromatic nitrogens is 2. The molecule has 0 spiro atoms. The molecule has 3 heterocycles. The van der Waals surface area contributed by atoms with Crippen molar-refractivity contribution in [2.75, 3.05) is 13.1 Å². The van der Waals surface area contributed by atoms with Crippen LogP contribution >= 0.6 is 0 Å². The van der Waals surface area contributed by atoms with Gasteiger partial charge in [0.15, 0.2) is 0 Å². The lowest BCUT2D eigenvalue weighted by molar-refractivity contribution is 0.0945. The number of hydrogen-bond donors (Lipinski definition) is 2. The highest BCUT2D eigenvalue weighted by Crippen LogP contribution is 2.23. The second kappa shape index (κ2) is 8.45. The first-order valence-corrected chi connectivity index (χ1v) is 9.85. The predicted molar refractivity (Wildman–Crippen MR) is 109 cm³/mol. The van der Waals surface area contributed by atoms with E-state index in [0.29, 0.717) is 11.3 Å². The average Bonchev–Trinajstić information content (AvgIpc) is 3.27. The summed E-state index contributed by atoms with van der Waals surface area (Å²) in [7, 11) is 0. The molecule has 2 N–H and O–H groups in total. The van der Waals surface area contributed by atoms with E-state index >= 15 is 0 Å². The molecule has 1 saturated heterocycles. The Morgan fingerprint density at radius 3 is 2.93 bits per heavy atom. The van der Waals surface area contributed by atoms with E-state index in [1.54, 1.807) is 17.8 Å². The van der Waals surface area contributed by atoms with E-state index in [-0.39, 0.29) is 18.0 Å². The van der Waals surface area contributed by atoms with Crippen molar-refractivity contribution in [3.63, 3.8) is 0 Å². The first-order valence-electron chi connectivity index (χ1n) is 9.85. The van der Waals surface area contributed by atoms with Crippen molar-refractivity contribution in [3.8, 4) is 5.69 Å².